The van der Waals surface area contributed by atoms with Gasteiger partial charge in [0.15, 0.2) is 0 Å². The monoisotopic (exact) mass is 596 g/mol. The molecule has 1 heterocycles. The van der Waals surface area contributed by atoms with E-state index in [0.717, 1.165) is 66.7 Å². The van der Waals surface area contributed by atoms with E-state index in [1.54, 1.807) is 6.07 Å². The van der Waals surface area contributed by atoms with Crippen LogP contribution in [0.5, 0.6) is 0 Å². The summed E-state index contributed by atoms with van der Waals surface area (Å²) in [4.78, 5) is 14.0. The van der Waals surface area contributed by atoms with E-state index in [0.29, 0.717) is 33.3 Å². The number of nitrogens with two attached hydrogens (primary N) is 1. The minimum absolute atomic E-state index is 0.0274. The van der Waals surface area contributed by atoms with Crippen LogP contribution in [0.3, 0.4) is 0 Å². The van der Waals surface area contributed by atoms with Crippen LogP contribution in [0.2, 0.25) is 10.0 Å². The van der Waals surface area contributed by atoms with E-state index in [1.807, 2.05) is 48.5 Å². The van der Waals surface area contributed by atoms with E-state index in [-0.39, 0.29) is 5.92 Å². The largest absolute Gasteiger partial charge is 0.385 e. The second-order valence-electron chi connectivity index (χ2n) is 11.3. The molecular weight excluding hydrogens is 563 g/mol. The number of carbonyl (C=O) groups is 1. The van der Waals surface area contributed by atoms with Crippen LogP contribution in [-0.2, 0) is 0 Å². The molecule has 0 spiro atoms. The quantitative estimate of drug-likeness (QED) is 0.249. The first-order valence-corrected chi connectivity index (χ1v) is 15.3. The number of piperidine rings is 1. The van der Waals surface area contributed by atoms with Crippen molar-refractivity contribution in [1.29, 1.82) is 5.41 Å². The molecule has 1 saturated carbocycles. The van der Waals surface area contributed by atoms with Crippen molar-refractivity contribution in [2.45, 2.75) is 37.6 Å². The zero-order chi connectivity index (χ0) is 29.2. The van der Waals surface area contributed by atoms with Crippen molar-refractivity contribution < 1.29 is 4.79 Å². The van der Waals surface area contributed by atoms with Gasteiger partial charge in [0.05, 0.1) is 5.71 Å². The van der Waals surface area contributed by atoms with E-state index in [4.69, 9.17) is 34.3 Å². The van der Waals surface area contributed by atoms with Gasteiger partial charge in [-0.2, -0.15) is 0 Å². The van der Waals surface area contributed by atoms with Crippen LogP contribution in [0.15, 0.2) is 108 Å². The Morgan fingerprint density at radius 1 is 0.881 bits per heavy atom. The second kappa shape index (κ2) is 12.2. The van der Waals surface area contributed by atoms with Gasteiger partial charge < -0.3 is 21.4 Å². The molecule has 1 aliphatic heterocycles. The van der Waals surface area contributed by atoms with Crippen molar-refractivity contribution in [3.8, 4) is 0 Å². The number of allylic oxidation sites excluding steroid dienone is 6. The van der Waals surface area contributed by atoms with Gasteiger partial charge in [-0.3, -0.25) is 4.79 Å². The summed E-state index contributed by atoms with van der Waals surface area (Å²) in [5.41, 5.74) is 13.2. The minimum Gasteiger partial charge on any atom is -0.385 e. The first-order valence-electron chi connectivity index (χ1n) is 14.5. The molecule has 6 rings (SSSR count). The SMILES string of the molecule is N=C1C=CC(C(c2ccc(Cl)cc2)c2ccc(Cl)cc2)=C/C1=C(/NC1CC1)C1CCN(c2cccc(C(N)=O)c2)CC1. The Bertz CT molecular complexity index is 1530. The van der Waals surface area contributed by atoms with Crippen molar-refractivity contribution in [2.24, 2.45) is 11.7 Å². The van der Waals surface area contributed by atoms with E-state index in [1.165, 1.54) is 5.70 Å². The normalized spacial score (nSPS) is 18.7. The molecule has 0 atom stereocenters. The molecule has 42 heavy (non-hydrogen) atoms. The number of benzene rings is 3. The van der Waals surface area contributed by atoms with Gasteiger partial charge in [-0.25, -0.2) is 0 Å². The molecule has 0 aromatic heterocycles. The van der Waals surface area contributed by atoms with Gasteiger partial charge >= 0.3 is 0 Å². The first kappa shape index (κ1) is 28.3. The van der Waals surface area contributed by atoms with Crippen LogP contribution >= 0.6 is 23.2 Å². The Hall–Kier alpha value is -3.80. The molecule has 1 amide bonds. The van der Waals surface area contributed by atoms with Crippen molar-refractivity contribution in [3.05, 3.63) is 135 Å². The Morgan fingerprint density at radius 3 is 2.07 bits per heavy atom. The average molecular weight is 598 g/mol. The molecule has 2 fully saturated rings. The van der Waals surface area contributed by atoms with Gasteiger partial charge in [0.25, 0.3) is 0 Å². The standard InChI is InChI=1S/C35H34Cl2N4O/c36-27-9-4-22(5-10-27)33(23-6-11-28(37)12-7-23)25-8-15-32(38)31(21-25)34(40-29-13-14-29)24-16-18-41(19-17-24)30-3-1-2-26(20-30)35(39)42/h1-12,15,20-21,24,29,33,38,40H,13-14,16-19H2,(H2,39,42)/b34-31-,38-32?. The van der Waals surface area contributed by atoms with Crippen LogP contribution in [0.4, 0.5) is 5.69 Å². The Labute approximate surface area is 257 Å². The maximum absolute atomic E-state index is 11.7. The Balaban J connectivity index is 1.33. The zero-order valence-electron chi connectivity index (χ0n) is 23.3. The van der Waals surface area contributed by atoms with Crippen LogP contribution in [0.1, 0.15) is 53.1 Å². The fourth-order valence-electron chi connectivity index (χ4n) is 6.00. The van der Waals surface area contributed by atoms with Crippen molar-refractivity contribution in [2.75, 3.05) is 18.0 Å². The number of hydrogen-bond acceptors (Lipinski definition) is 4. The zero-order valence-corrected chi connectivity index (χ0v) is 24.8. The van der Waals surface area contributed by atoms with Gasteiger partial charge in [-0.1, -0.05) is 59.6 Å². The molecule has 3 aliphatic rings. The highest BCUT2D eigenvalue weighted by molar-refractivity contribution is 6.30. The second-order valence-corrected chi connectivity index (χ2v) is 12.2. The summed E-state index contributed by atoms with van der Waals surface area (Å²) in [5, 5.41) is 14.2. The third-order valence-corrected chi connectivity index (χ3v) is 8.91. The molecule has 3 aromatic rings. The molecule has 1 saturated heterocycles. The lowest BCUT2D eigenvalue weighted by molar-refractivity contribution is 0.100. The van der Waals surface area contributed by atoms with E-state index < -0.39 is 5.91 Å². The third-order valence-electron chi connectivity index (χ3n) is 8.41. The third kappa shape index (κ3) is 6.33. The summed E-state index contributed by atoms with van der Waals surface area (Å²) in [6, 6.07) is 24.1. The summed E-state index contributed by atoms with van der Waals surface area (Å²) in [7, 11) is 0. The molecular formula is C35H34Cl2N4O. The highest BCUT2D eigenvalue weighted by Crippen LogP contribution is 2.39. The predicted octanol–water partition coefficient (Wildman–Crippen LogP) is 7.66. The first-order chi connectivity index (χ1) is 20.4. The number of hydrogen-bond donors (Lipinski definition) is 3. The summed E-state index contributed by atoms with van der Waals surface area (Å²) in [5.74, 6) is -0.125. The summed E-state index contributed by atoms with van der Waals surface area (Å²) >= 11 is 12.5. The lowest BCUT2D eigenvalue weighted by Gasteiger charge is -2.36. The molecule has 7 heteroatoms. The van der Waals surface area contributed by atoms with Crippen LogP contribution < -0.4 is 16.0 Å². The summed E-state index contributed by atoms with van der Waals surface area (Å²) in [6.07, 6.45) is 10.4. The smallest absolute Gasteiger partial charge is 0.248 e. The van der Waals surface area contributed by atoms with Gasteiger partial charge in [-0.05, 0) is 97.0 Å². The van der Waals surface area contributed by atoms with Crippen molar-refractivity contribution in [3.63, 3.8) is 0 Å². The minimum atomic E-state index is -0.408. The number of primary amides is 1. The molecule has 5 nitrogen and oxygen atoms in total. The van der Waals surface area contributed by atoms with Crippen LogP contribution in [0.25, 0.3) is 0 Å². The average Bonchev–Trinajstić information content (AvgIpc) is 3.83. The predicted molar refractivity (Wildman–Crippen MR) is 173 cm³/mol. The number of nitrogens with one attached hydrogen (secondary N) is 2. The topological polar surface area (TPSA) is 82.2 Å². The fraction of sp³-hybridized carbons (Fsp3) is 0.257. The molecule has 0 bridgehead atoms. The van der Waals surface area contributed by atoms with Gasteiger partial charge in [-0.15, -0.1) is 0 Å². The highest BCUT2D eigenvalue weighted by atomic mass is 35.5. The van der Waals surface area contributed by atoms with E-state index in [2.05, 4.69) is 46.6 Å². The number of nitrogens with zero attached hydrogens (tertiary/aromatic N) is 1. The number of halogens is 2. The molecule has 0 unspecified atom stereocenters. The van der Waals surface area contributed by atoms with Crippen LogP contribution in [0, 0.1) is 11.3 Å². The lowest BCUT2D eigenvalue weighted by Crippen LogP contribution is -2.37. The maximum Gasteiger partial charge on any atom is 0.248 e. The van der Waals surface area contributed by atoms with Crippen molar-refractivity contribution in [1.82, 2.24) is 5.32 Å². The number of carbonyl (C=O) groups excluding carboxylic acids is 1. The van der Waals surface area contributed by atoms with Gasteiger partial charge in [0.1, 0.15) is 0 Å². The lowest BCUT2D eigenvalue weighted by atomic mass is 9.80. The summed E-state index contributed by atoms with van der Waals surface area (Å²) < 4.78 is 0. The molecule has 214 valence electrons. The summed E-state index contributed by atoms with van der Waals surface area (Å²) in [6.45, 7) is 1.74. The number of rotatable bonds is 8. The maximum atomic E-state index is 11.7. The molecule has 2 aliphatic carbocycles. The Morgan fingerprint density at radius 2 is 1.50 bits per heavy atom. The molecule has 0 radical (unpaired) electrons. The number of amides is 1. The van der Waals surface area contributed by atoms with Gasteiger partial charge in [0, 0.05) is 63.5 Å². The number of anilines is 1. The van der Waals surface area contributed by atoms with Crippen molar-refractivity contribution >= 4 is 40.5 Å². The highest BCUT2D eigenvalue weighted by Gasteiger charge is 2.31. The molecule has 4 N–H and O–H groups in total. The van der Waals surface area contributed by atoms with E-state index in [9.17, 15) is 4.79 Å². The fourth-order valence-corrected chi connectivity index (χ4v) is 6.25. The van der Waals surface area contributed by atoms with Gasteiger partial charge in [0.2, 0.25) is 5.91 Å². The molecule has 3 aromatic carbocycles. The Kier molecular flexibility index (Phi) is 8.23. The van der Waals surface area contributed by atoms with E-state index >= 15 is 0 Å². The van der Waals surface area contributed by atoms with Crippen LogP contribution in [-0.4, -0.2) is 30.8 Å².